The zero-order valence-electron chi connectivity index (χ0n) is 23.5. The minimum atomic E-state index is -1.11. The maximum Gasteiger partial charge on any atom is 0.319 e. The number of fused-ring (bicyclic) bond motifs is 1. The molecule has 8 N–H and O–H groups in total. The first-order valence-electron chi connectivity index (χ1n) is 13.7. The number of nitrogens with zero attached hydrogens (tertiary/aromatic N) is 3. The number of rotatable bonds is 9. The molecule has 2 amide bonds. The van der Waals surface area contributed by atoms with E-state index in [0.717, 1.165) is 18.5 Å². The van der Waals surface area contributed by atoms with Crippen LogP contribution in [0.15, 0.2) is 30.6 Å². The summed E-state index contributed by atoms with van der Waals surface area (Å²) in [5, 5.41) is 33.7. The number of aliphatic hydroxyl groups is 2. The summed E-state index contributed by atoms with van der Waals surface area (Å²) in [4.78, 5) is 19.0. The first kappa shape index (κ1) is 29.2. The molecule has 6 atom stereocenters. The van der Waals surface area contributed by atoms with Crippen molar-refractivity contribution in [3.63, 3.8) is 0 Å². The summed E-state index contributed by atoms with van der Waals surface area (Å²) in [5.41, 5.74) is 8.71. The van der Waals surface area contributed by atoms with Gasteiger partial charge in [-0.1, -0.05) is 39.8 Å². The van der Waals surface area contributed by atoms with Gasteiger partial charge < -0.3 is 41.5 Å². The number of carbonyl (C=O) groups is 1. The van der Waals surface area contributed by atoms with Gasteiger partial charge in [0.2, 0.25) is 0 Å². The molecule has 0 aliphatic carbocycles. The summed E-state index contributed by atoms with van der Waals surface area (Å²) in [6.45, 7) is 10.1. The van der Waals surface area contributed by atoms with Gasteiger partial charge in [0.05, 0.1) is 13.0 Å². The molecular weight excluding hydrogens is 500 g/mol. The van der Waals surface area contributed by atoms with Crippen molar-refractivity contribution in [2.24, 2.45) is 5.73 Å². The number of anilines is 2. The third kappa shape index (κ3) is 6.89. The van der Waals surface area contributed by atoms with E-state index in [1.807, 2.05) is 43.1 Å². The van der Waals surface area contributed by atoms with Gasteiger partial charge in [-0.15, -0.1) is 0 Å². The zero-order chi connectivity index (χ0) is 28.3. The van der Waals surface area contributed by atoms with Crippen molar-refractivity contribution in [2.45, 2.75) is 82.7 Å². The minimum absolute atomic E-state index is 0.0181. The van der Waals surface area contributed by atoms with Crippen LogP contribution in [-0.2, 0) is 10.2 Å². The molecule has 1 aromatic heterocycles. The van der Waals surface area contributed by atoms with E-state index in [1.54, 1.807) is 10.9 Å². The first-order chi connectivity index (χ1) is 18.5. The predicted octanol–water partition coefficient (Wildman–Crippen LogP) is 1.65. The number of nitrogens with two attached hydrogens (primary N) is 1. The van der Waals surface area contributed by atoms with Crippen LogP contribution in [0.3, 0.4) is 0 Å². The molecule has 4 rings (SSSR count). The van der Waals surface area contributed by atoms with E-state index in [4.69, 9.17) is 10.5 Å². The Morgan fingerprint density at radius 1 is 1.28 bits per heavy atom. The lowest BCUT2D eigenvalue weighted by Crippen LogP contribution is -2.42. The van der Waals surface area contributed by atoms with Crippen LogP contribution in [0.1, 0.15) is 64.2 Å². The molecule has 0 spiro atoms. The molecule has 12 heteroatoms. The largest absolute Gasteiger partial charge is 0.387 e. The number of benzene rings is 1. The fraction of sp³-hybridized carbons (Fsp3) is 0.630. The maximum atomic E-state index is 12.6. The molecule has 1 saturated heterocycles. The van der Waals surface area contributed by atoms with Gasteiger partial charge in [-0.3, -0.25) is 9.88 Å². The molecule has 12 nitrogen and oxygen atoms in total. The average Bonchev–Trinajstić information content (AvgIpc) is 3.43. The van der Waals surface area contributed by atoms with Gasteiger partial charge in [-0.25, -0.2) is 9.78 Å². The highest BCUT2D eigenvalue weighted by molar-refractivity contribution is 5.89. The van der Waals surface area contributed by atoms with E-state index < -0.39 is 30.7 Å². The Morgan fingerprint density at radius 2 is 2.00 bits per heavy atom. The Morgan fingerprint density at radius 3 is 2.67 bits per heavy atom. The predicted molar refractivity (Wildman–Crippen MR) is 150 cm³/mol. The normalized spacial score (nSPS) is 25.7. The number of aliphatic hydroxyl groups excluding tert-OH is 2. The molecule has 0 bridgehead atoms. The van der Waals surface area contributed by atoms with Crippen molar-refractivity contribution in [2.75, 3.05) is 37.4 Å². The average molecular weight is 545 g/mol. The third-order valence-electron chi connectivity index (χ3n) is 7.49. The van der Waals surface area contributed by atoms with Crippen LogP contribution in [0.25, 0.3) is 0 Å². The summed E-state index contributed by atoms with van der Waals surface area (Å²) in [5.74, 6) is 0.673. The number of urea groups is 1. The van der Waals surface area contributed by atoms with Gasteiger partial charge in [0.25, 0.3) is 0 Å². The van der Waals surface area contributed by atoms with Gasteiger partial charge in [-0.05, 0) is 49.5 Å². The minimum Gasteiger partial charge on any atom is -0.387 e. The van der Waals surface area contributed by atoms with Crippen molar-refractivity contribution < 1.29 is 19.7 Å². The summed E-state index contributed by atoms with van der Waals surface area (Å²) < 4.78 is 7.79. The number of nitrogens with one attached hydrogen (secondary N) is 4. The number of aromatic nitrogens is 2. The van der Waals surface area contributed by atoms with E-state index >= 15 is 0 Å². The highest BCUT2D eigenvalue weighted by Crippen LogP contribution is 2.34. The van der Waals surface area contributed by atoms with Crippen molar-refractivity contribution >= 4 is 17.5 Å². The molecule has 1 fully saturated rings. The molecule has 3 heterocycles. The topological polar surface area (TPSA) is 162 Å². The lowest BCUT2D eigenvalue weighted by atomic mass is 9.87. The van der Waals surface area contributed by atoms with E-state index in [0.29, 0.717) is 31.3 Å². The SMILES string of the molecule is CC[C@H](CCN(C)C[C@H]1O[C@@H](n2cnc3c2NCNC3N)[C@H](O)[C@@H]1O)NC(=O)Nc1ccc(C(C)(C)C)cc1. The Bertz CT molecular complexity index is 1100. The van der Waals surface area contributed by atoms with Crippen LogP contribution >= 0.6 is 0 Å². The number of imidazole rings is 1. The second-order valence-electron chi connectivity index (χ2n) is 11.5. The summed E-state index contributed by atoms with van der Waals surface area (Å²) >= 11 is 0. The highest BCUT2D eigenvalue weighted by Gasteiger charge is 2.45. The second kappa shape index (κ2) is 12.2. The number of likely N-dealkylation sites (N-methyl/N-ethyl adjacent to an activating group) is 1. The monoisotopic (exact) mass is 544 g/mol. The van der Waals surface area contributed by atoms with Crippen molar-refractivity contribution in [1.29, 1.82) is 0 Å². The molecular formula is C27H44N8O4. The molecule has 2 aliphatic rings. The molecule has 2 aromatic rings. The number of carbonyl (C=O) groups excluding carboxylic acids is 1. The van der Waals surface area contributed by atoms with Crippen LogP contribution in [0.4, 0.5) is 16.3 Å². The number of hydrogen-bond donors (Lipinski definition) is 7. The van der Waals surface area contributed by atoms with Crippen LogP contribution in [0, 0.1) is 0 Å². The smallest absolute Gasteiger partial charge is 0.319 e. The first-order valence-corrected chi connectivity index (χ1v) is 13.7. The van der Waals surface area contributed by atoms with Gasteiger partial charge >= 0.3 is 6.03 Å². The summed E-state index contributed by atoms with van der Waals surface area (Å²) in [6, 6.07) is 7.66. The molecule has 1 unspecified atom stereocenters. The van der Waals surface area contributed by atoms with Crippen LogP contribution < -0.4 is 27.0 Å². The van der Waals surface area contributed by atoms with E-state index in [1.165, 1.54) is 5.56 Å². The lowest BCUT2D eigenvalue weighted by molar-refractivity contribution is -0.0432. The van der Waals surface area contributed by atoms with Gasteiger partial charge in [0.15, 0.2) is 6.23 Å². The van der Waals surface area contributed by atoms with Gasteiger partial charge in [-0.2, -0.15) is 0 Å². The third-order valence-corrected chi connectivity index (χ3v) is 7.49. The Kier molecular flexibility index (Phi) is 9.14. The summed E-state index contributed by atoms with van der Waals surface area (Å²) in [6.07, 6.45) is -0.870. The fourth-order valence-electron chi connectivity index (χ4n) is 4.99. The molecule has 216 valence electrons. The van der Waals surface area contributed by atoms with Crippen molar-refractivity contribution in [1.82, 2.24) is 25.1 Å². The highest BCUT2D eigenvalue weighted by atomic mass is 16.6. The maximum absolute atomic E-state index is 12.6. The molecule has 2 aliphatic heterocycles. The lowest BCUT2D eigenvalue weighted by Gasteiger charge is -2.26. The molecule has 0 saturated carbocycles. The second-order valence-corrected chi connectivity index (χ2v) is 11.5. The van der Waals surface area contributed by atoms with Crippen LogP contribution in [0.5, 0.6) is 0 Å². The molecule has 39 heavy (non-hydrogen) atoms. The Balaban J connectivity index is 1.26. The van der Waals surface area contributed by atoms with E-state index in [9.17, 15) is 15.0 Å². The quantitative estimate of drug-likeness (QED) is 0.249. The van der Waals surface area contributed by atoms with Gasteiger partial charge in [0.1, 0.15) is 36.0 Å². The van der Waals surface area contributed by atoms with E-state index in [2.05, 4.69) is 47.0 Å². The fourth-order valence-corrected chi connectivity index (χ4v) is 4.99. The number of ether oxygens (including phenoxy) is 1. The van der Waals surface area contributed by atoms with Crippen LogP contribution in [-0.4, -0.2) is 81.9 Å². The van der Waals surface area contributed by atoms with Crippen molar-refractivity contribution in [3.8, 4) is 0 Å². The molecule has 1 aromatic carbocycles. The number of amides is 2. The standard InChI is InChI=1S/C27H44N8O4/c1-6-17(32-26(38)33-18-9-7-16(8-10-18)27(2,3)4)11-12-34(5)13-19-21(36)22(37)25(39-19)35-15-31-20-23(28)29-14-30-24(20)35/h7-10,15,17,19,21-23,25,29-30,36-37H,6,11-14,28H2,1-5H3,(H2,32,33,38)/t17-,19-,21-,22-,23?,25-/m1/s1. The van der Waals surface area contributed by atoms with Gasteiger partial charge in [0, 0.05) is 18.3 Å². The Labute approximate surface area is 230 Å². The van der Waals surface area contributed by atoms with Crippen molar-refractivity contribution in [3.05, 3.63) is 41.9 Å². The van der Waals surface area contributed by atoms with Crippen LogP contribution in [0.2, 0.25) is 0 Å². The zero-order valence-corrected chi connectivity index (χ0v) is 23.5. The van der Waals surface area contributed by atoms with E-state index in [-0.39, 0.29) is 17.5 Å². The molecule has 0 radical (unpaired) electrons. The number of hydrogen-bond acceptors (Lipinski definition) is 9. The summed E-state index contributed by atoms with van der Waals surface area (Å²) in [7, 11) is 1.94. The Hall–Kier alpha value is -2.74.